The Bertz CT molecular complexity index is 1040. The monoisotopic (exact) mass is 500 g/mol. The summed E-state index contributed by atoms with van der Waals surface area (Å²) in [5.41, 5.74) is 0.812. The molecule has 2 fully saturated rings. The fourth-order valence-electron chi connectivity index (χ4n) is 4.94. The second kappa shape index (κ2) is 11.0. The molecule has 0 atom stereocenters. The van der Waals surface area contributed by atoms with E-state index in [1.54, 1.807) is 29.7 Å². The third-order valence-corrected chi connectivity index (χ3v) is 6.89. The van der Waals surface area contributed by atoms with Gasteiger partial charge >= 0.3 is 12.2 Å². The Kier molecular flexibility index (Phi) is 7.76. The molecule has 194 valence electrons. The summed E-state index contributed by atoms with van der Waals surface area (Å²) in [6.45, 7) is 5.90. The standard InChI is InChI=1S/C25H32N4O7/c1-3-35-24(33)27-11-7-17(8-12-27)26-21(30)16-5-6-19-20(15-16)23(32)29(22(19)31)18-9-13-28(14-10-18)25(34)36-4-2/h5-6,15,17-18H,3-4,7-14H2,1-2H3,(H,26,30). The molecular formula is C25H32N4O7. The molecule has 0 radical (unpaired) electrons. The molecule has 1 aromatic carbocycles. The number of benzene rings is 1. The molecule has 3 aliphatic heterocycles. The number of piperidine rings is 2. The Balaban J connectivity index is 1.36. The molecule has 0 unspecified atom stereocenters. The van der Waals surface area contributed by atoms with E-state index in [4.69, 9.17) is 9.47 Å². The van der Waals surface area contributed by atoms with Crippen LogP contribution in [0.1, 0.15) is 70.6 Å². The Morgan fingerprint density at radius 1 is 0.833 bits per heavy atom. The van der Waals surface area contributed by atoms with Crippen LogP contribution in [-0.4, -0.2) is 96.1 Å². The number of nitrogens with one attached hydrogen (secondary N) is 1. The molecule has 2 saturated heterocycles. The molecule has 11 nitrogen and oxygen atoms in total. The minimum atomic E-state index is -0.415. The Morgan fingerprint density at radius 3 is 1.92 bits per heavy atom. The number of carbonyl (C=O) groups is 5. The maximum atomic E-state index is 13.2. The summed E-state index contributed by atoms with van der Waals surface area (Å²) in [5.74, 6) is -1.11. The first-order chi connectivity index (χ1) is 17.3. The smallest absolute Gasteiger partial charge is 0.409 e. The van der Waals surface area contributed by atoms with Crippen LogP contribution in [0.25, 0.3) is 0 Å². The molecule has 1 N–H and O–H groups in total. The largest absolute Gasteiger partial charge is 0.450 e. The van der Waals surface area contributed by atoms with Gasteiger partial charge in [0.2, 0.25) is 0 Å². The predicted molar refractivity (Wildman–Crippen MR) is 128 cm³/mol. The quantitative estimate of drug-likeness (QED) is 0.615. The maximum Gasteiger partial charge on any atom is 0.409 e. The summed E-state index contributed by atoms with van der Waals surface area (Å²) in [6.07, 6.45) is 1.42. The van der Waals surface area contributed by atoms with Crippen LogP contribution >= 0.6 is 0 Å². The number of carbonyl (C=O) groups excluding carboxylic acids is 5. The van der Waals surface area contributed by atoms with Crippen molar-refractivity contribution in [2.45, 2.75) is 51.6 Å². The van der Waals surface area contributed by atoms with E-state index >= 15 is 0 Å². The van der Waals surface area contributed by atoms with Gasteiger partial charge in [-0.2, -0.15) is 0 Å². The molecule has 11 heteroatoms. The molecule has 0 aromatic heterocycles. The Labute approximate surface area is 209 Å². The third kappa shape index (κ3) is 5.14. The minimum absolute atomic E-state index is 0.102. The second-order valence-electron chi connectivity index (χ2n) is 9.09. The van der Waals surface area contributed by atoms with Gasteiger partial charge in [0.1, 0.15) is 0 Å². The molecule has 0 bridgehead atoms. The zero-order chi connectivity index (χ0) is 25.8. The van der Waals surface area contributed by atoms with Gasteiger partial charge in [-0.1, -0.05) is 0 Å². The van der Waals surface area contributed by atoms with E-state index in [-0.39, 0.29) is 47.2 Å². The van der Waals surface area contributed by atoms with E-state index in [1.807, 2.05) is 0 Å². The predicted octanol–water partition coefficient (Wildman–Crippen LogP) is 2.25. The summed E-state index contributed by atoms with van der Waals surface area (Å²) in [4.78, 5) is 67.3. The molecule has 3 aliphatic rings. The van der Waals surface area contributed by atoms with Gasteiger partial charge in [-0.05, 0) is 57.7 Å². The van der Waals surface area contributed by atoms with Gasteiger partial charge in [0.25, 0.3) is 17.7 Å². The number of amides is 5. The van der Waals surface area contributed by atoms with Crippen molar-refractivity contribution >= 4 is 29.9 Å². The number of hydrogen-bond donors (Lipinski definition) is 1. The third-order valence-electron chi connectivity index (χ3n) is 6.89. The van der Waals surface area contributed by atoms with Crippen LogP contribution in [0.2, 0.25) is 0 Å². The fourth-order valence-corrected chi connectivity index (χ4v) is 4.94. The van der Waals surface area contributed by atoms with Gasteiger partial charge in [0.05, 0.1) is 24.3 Å². The number of imide groups is 1. The maximum absolute atomic E-state index is 13.2. The summed E-state index contributed by atoms with van der Waals surface area (Å²) >= 11 is 0. The van der Waals surface area contributed by atoms with Crippen molar-refractivity contribution in [1.82, 2.24) is 20.0 Å². The van der Waals surface area contributed by atoms with Crippen LogP contribution in [0.4, 0.5) is 9.59 Å². The number of hydrogen-bond acceptors (Lipinski definition) is 7. The van der Waals surface area contributed by atoms with E-state index in [0.717, 1.165) is 0 Å². The molecule has 5 amide bonds. The zero-order valence-electron chi connectivity index (χ0n) is 20.7. The molecule has 0 spiro atoms. The molecule has 0 aliphatic carbocycles. The van der Waals surface area contributed by atoms with Crippen molar-refractivity contribution in [3.8, 4) is 0 Å². The summed E-state index contributed by atoms with van der Waals surface area (Å²) in [7, 11) is 0. The summed E-state index contributed by atoms with van der Waals surface area (Å²) in [5, 5.41) is 2.97. The average molecular weight is 501 g/mol. The van der Waals surface area contributed by atoms with Crippen molar-refractivity contribution in [3.05, 3.63) is 34.9 Å². The fraction of sp³-hybridized carbons (Fsp3) is 0.560. The highest BCUT2D eigenvalue weighted by atomic mass is 16.6. The van der Waals surface area contributed by atoms with Crippen molar-refractivity contribution < 1.29 is 33.4 Å². The van der Waals surface area contributed by atoms with E-state index < -0.39 is 5.91 Å². The van der Waals surface area contributed by atoms with Crippen LogP contribution in [0.5, 0.6) is 0 Å². The lowest BCUT2D eigenvalue weighted by molar-refractivity contribution is 0.0484. The zero-order valence-corrected chi connectivity index (χ0v) is 20.7. The van der Waals surface area contributed by atoms with Crippen molar-refractivity contribution in [3.63, 3.8) is 0 Å². The first kappa shape index (κ1) is 25.5. The van der Waals surface area contributed by atoms with Gasteiger partial charge in [0, 0.05) is 43.8 Å². The molecule has 0 saturated carbocycles. The summed E-state index contributed by atoms with van der Waals surface area (Å²) in [6, 6.07) is 4.15. The first-order valence-electron chi connectivity index (χ1n) is 12.5. The second-order valence-corrected chi connectivity index (χ2v) is 9.09. The van der Waals surface area contributed by atoms with Crippen molar-refractivity contribution in [2.24, 2.45) is 0 Å². The lowest BCUT2D eigenvalue weighted by Gasteiger charge is -2.35. The lowest BCUT2D eigenvalue weighted by Crippen LogP contribution is -2.48. The van der Waals surface area contributed by atoms with Gasteiger partial charge in [-0.15, -0.1) is 0 Å². The highest BCUT2D eigenvalue weighted by molar-refractivity contribution is 6.22. The Hall–Kier alpha value is -3.63. The topological polar surface area (TPSA) is 126 Å². The number of likely N-dealkylation sites (tertiary alicyclic amines) is 2. The number of rotatable bonds is 5. The van der Waals surface area contributed by atoms with Crippen LogP contribution in [0.15, 0.2) is 18.2 Å². The number of ether oxygens (including phenoxy) is 2. The van der Waals surface area contributed by atoms with E-state index in [1.165, 1.54) is 17.0 Å². The SMILES string of the molecule is CCOC(=O)N1CCC(NC(=O)c2ccc3c(c2)C(=O)N(C2CCN(C(=O)OCC)CC2)C3=O)CC1. The molecule has 3 heterocycles. The van der Waals surface area contributed by atoms with Crippen LogP contribution in [0.3, 0.4) is 0 Å². The van der Waals surface area contributed by atoms with Crippen molar-refractivity contribution in [2.75, 3.05) is 39.4 Å². The first-order valence-corrected chi connectivity index (χ1v) is 12.5. The molecular weight excluding hydrogens is 468 g/mol. The van der Waals surface area contributed by atoms with Gasteiger partial charge in [0.15, 0.2) is 0 Å². The highest BCUT2D eigenvalue weighted by Gasteiger charge is 2.42. The highest BCUT2D eigenvalue weighted by Crippen LogP contribution is 2.29. The van der Waals surface area contributed by atoms with E-state index in [0.29, 0.717) is 70.6 Å². The molecule has 36 heavy (non-hydrogen) atoms. The van der Waals surface area contributed by atoms with Crippen LogP contribution in [0, 0.1) is 0 Å². The number of fused-ring (bicyclic) bond motifs is 1. The minimum Gasteiger partial charge on any atom is -0.450 e. The van der Waals surface area contributed by atoms with E-state index in [2.05, 4.69) is 5.32 Å². The van der Waals surface area contributed by atoms with E-state index in [9.17, 15) is 24.0 Å². The molecule has 4 rings (SSSR count). The van der Waals surface area contributed by atoms with Gasteiger partial charge in [-0.25, -0.2) is 9.59 Å². The average Bonchev–Trinajstić information content (AvgIpc) is 3.14. The number of nitrogens with zero attached hydrogens (tertiary/aromatic N) is 3. The summed E-state index contributed by atoms with van der Waals surface area (Å²) < 4.78 is 10.0. The normalized spacial score (nSPS) is 18.8. The van der Waals surface area contributed by atoms with Gasteiger partial charge < -0.3 is 24.6 Å². The molecule has 1 aromatic rings. The Morgan fingerprint density at radius 2 is 1.36 bits per heavy atom. The van der Waals surface area contributed by atoms with Crippen molar-refractivity contribution in [1.29, 1.82) is 0 Å². The van der Waals surface area contributed by atoms with Crippen LogP contribution < -0.4 is 5.32 Å². The van der Waals surface area contributed by atoms with Crippen LogP contribution in [-0.2, 0) is 9.47 Å². The van der Waals surface area contributed by atoms with Gasteiger partial charge in [-0.3, -0.25) is 19.3 Å². The lowest BCUT2D eigenvalue weighted by atomic mass is 10.0.